The van der Waals surface area contributed by atoms with E-state index in [-0.39, 0.29) is 0 Å². The Balaban J connectivity index is 1.71. The molecule has 0 saturated heterocycles. The van der Waals surface area contributed by atoms with Gasteiger partial charge >= 0.3 is 0 Å². The van der Waals surface area contributed by atoms with Crippen molar-refractivity contribution < 1.29 is 18.9 Å². The van der Waals surface area contributed by atoms with Crippen LogP contribution in [0.2, 0.25) is 0 Å². The normalized spacial score (nSPS) is 12.6. The third kappa shape index (κ3) is 5.92. The Labute approximate surface area is 256 Å². The van der Waals surface area contributed by atoms with Crippen molar-refractivity contribution >= 4 is 0 Å². The van der Waals surface area contributed by atoms with Crippen LogP contribution in [0.5, 0.6) is 11.5 Å². The third-order valence-electron chi connectivity index (χ3n) is 8.13. The smallest absolute Gasteiger partial charge is 0.122 e. The van der Waals surface area contributed by atoms with E-state index in [9.17, 15) is 0 Å². The molecule has 4 aromatic rings. The largest absolute Gasteiger partial charge is 0.498 e. The molecule has 4 heteroatoms. The van der Waals surface area contributed by atoms with E-state index >= 15 is 0 Å². The second kappa shape index (κ2) is 14.2. The zero-order valence-corrected chi connectivity index (χ0v) is 25.4. The Morgan fingerprint density at radius 1 is 0.581 bits per heavy atom. The maximum Gasteiger partial charge on any atom is 0.122 e. The molecule has 4 nitrogen and oxygen atoms in total. The Kier molecular flexibility index (Phi) is 9.88. The SMILES string of the molecule is C=COCCOc1ccc(C2(c3ccc(OCCOC=C)c(CCC)c3)c3ccccc3-c3ccccc32)cc1CCC. The number of ether oxygens (including phenoxy) is 4. The van der Waals surface area contributed by atoms with Crippen molar-refractivity contribution in [2.75, 3.05) is 26.4 Å². The summed E-state index contributed by atoms with van der Waals surface area (Å²) in [7, 11) is 0. The van der Waals surface area contributed by atoms with Crippen molar-refractivity contribution in [1.29, 1.82) is 0 Å². The van der Waals surface area contributed by atoms with Crippen molar-refractivity contribution in [1.82, 2.24) is 0 Å². The molecule has 0 atom stereocenters. The van der Waals surface area contributed by atoms with Crippen LogP contribution in [-0.4, -0.2) is 26.4 Å². The minimum Gasteiger partial charge on any atom is -0.498 e. The number of benzene rings is 4. The van der Waals surface area contributed by atoms with Crippen LogP contribution in [0.25, 0.3) is 11.1 Å². The summed E-state index contributed by atoms with van der Waals surface area (Å²) >= 11 is 0. The third-order valence-corrected chi connectivity index (χ3v) is 8.13. The molecule has 1 aliphatic rings. The van der Waals surface area contributed by atoms with Gasteiger partial charge in [-0.05, 0) is 69.5 Å². The summed E-state index contributed by atoms with van der Waals surface area (Å²) in [4.78, 5) is 0. The molecule has 0 N–H and O–H groups in total. The highest BCUT2D eigenvalue weighted by molar-refractivity contribution is 5.86. The van der Waals surface area contributed by atoms with Gasteiger partial charge < -0.3 is 18.9 Å². The number of aryl methyl sites for hydroxylation is 2. The molecule has 0 bridgehead atoms. The van der Waals surface area contributed by atoms with Crippen LogP contribution in [0, 0.1) is 0 Å². The van der Waals surface area contributed by atoms with Crippen molar-refractivity contribution in [2.24, 2.45) is 0 Å². The molecule has 0 aromatic heterocycles. The lowest BCUT2D eigenvalue weighted by atomic mass is 9.67. The van der Waals surface area contributed by atoms with E-state index in [1.807, 2.05) is 0 Å². The molecule has 0 saturated carbocycles. The molecule has 0 radical (unpaired) electrons. The monoisotopic (exact) mass is 574 g/mol. The Bertz CT molecular complexity index is 1440. The average Bonchev–Trinajstić information content (AvgIpc) is 3.34. The van der Waals surface area contributed by atoms with Gasteiger partial charge in [-0.15, -0.1) is 0 Å². The lowest BCUT2D eigenvalue weighted by Crippen LogP contribution is -2.29. The summed E-state index contributed by atoms with van der Waals surface area (Å²) in [5, 5.41) is 0. The fourth-order valence-electron chi connectivity index (χ4n) is 6.43. The maximum atomic E-state index is 6.20. The molecule has 0 unspecified atom stereocenters. The highest BCUT2D eigenvalue weighted by Gasteiger charge is 2.46. The molecule has 0 heterocycles. The van der Waals surface area contributed by atoms with Crippen molar-refractivity contribution in [2.45, 2.75) is 44.9 Å². The number of rotatable bonds is 16. The molecule has 5 rings (SSSR count). The van der Waals surface area contributed by atoms with Crippen LogP contribution in [-0.2, 0) is 27.7 Å². The average molecular weight is 575 g/mol. The van der Waals surface area contributed by atoms with Crippen molar-refractivity contribution in [3.8, 4) is 22.6 Å². The fourth-order valence-corrected chi connectivity index (χ4v) is 6.43. The lowest BCUT2D eigenvalue weighted by molar-refractivity contribution is 0.179. The van der Waals surface area contributed by atoms with Crippen LogP contribution in [0.3, 0.4) is 0 Å². The van der Waals surface area contributed by atoms with Gasteiger partial charge in [-0.25, -0.2) is 0 Å². The summed E-state index contributed by atoms with van der Waals surface area (Å²) in [5.41, 5.74) is 9.52. The number of fused-ring (bicyclic) bond motifs is 3. The molecule has 0 aliphatic heterocycles. The van der Waals surface area contributed by atoms with Crippen LogP contribution in [0.15, 0.2) is 111 Å². The van der Waals surface area contributed by atoms with E-state index in [1.165, 1.54) is 57.0 Å². The first kappa shape index (κ1) is 30.0. The van der Waals surface area contributed by atoms with Gasteiger partial charge in [-0.1, -0.05) is 113 Å². The van der Waals surface area contributed by atoms with Gasteiger partial charge in [0.25, 0.3) is 0 Å². The molecule has 222 valence electrons. The van der Waals surface area contributed by atoms with Crippen LogP contribution in [0.4, 0.5) is 0 Å². The standard InChI is InChI=1S/C39H42O4/c1-5-13-29-27-31(19-21-37(29)42-25-23-40-7-3)39(35-17-11-9-15-33(35)34-16-10-12-18-36(34)39)32-20-22-38(30(28-32)14-6-2)43-26-24-41-8-4/h7-12,15-22,27-28H,3-6,13-14,23-26H2,1-2H3. The Hall–Kier alpha value is -4.44. The minimum atomic E-state index is -0.493. The predicted octanol–water partition coefficient (Wildman–Crippen LogP) is 9.03. The Morgan fingerprint density at radius 2 is 1.02 bits per heavy atom. The van der Waals surface area contributed by atoms with Crippen LogP contribution in [0.1, 0.15) is 60.1 Å². The summed E-state index contributed by atoms with van der Waals surface area (Å²) in [6, 6.07) is 31.2. The highest BCUT2D eigenvalue weighted by Crippen LogP contribution is 2.56. The molecular formula is C39H42O4. The zero-order chi connectivity index (χ0) is 30.1. The van der Waals surface area contributed by atoms with Gasteiger partial charge in [0.05, 0.1) is 17.9 Å². The number of hydrogen-bond donors (Lipinski definition) is 0. The first-order valence-corrected chi connectivity index (χ1v) is 15.4. The van der Waals surface area contributed by atoms with Crippen molar-refractivity contribution in [3.63, 3.8) is 0 Å². The molecule has 0 fully saturated rings. The minimum absolute atomic E-state index is 0.468. The second-order valence-electron chi connectivity index (χ2n) is 10.8. The van der Waals surface area contributed by atoms with Crippen LogP contribution < -0.4 is 9.47 Å². The summed E-state index contributed by atoms with van der Waals surface area (Å²) in [5.74, 6) is 1.82. The van der Waals surface area contributed by atoms with E-state index < -0.39 is 5.41 Å². The molecular weight excluding hydrogens is 532 g/mol. The molecule has 43 heavy (non-hydrogen) atoms. The van der Waals surface area contributed by atoms with Gasteiger partial charge in [0.15, 0.2) is 0 Å². The van der Waals surface area contributed by atoms with E-state index in [0.29, 0.717) is 26.4 Å². The maximum absolute atomic E-state index is 6.20. The van der Waals surface area contributed by atoms with Crippen LogP contribution >= 0.6 is 0 Å². The quantitative estimate of drug-likeness (QED) is 0.0870. The van der Waals surface area contributed by atoms with Gasteiger partial charge in [0.2, 0.25) is 0 Å². The van der Waals surface area contributed by atoms with E-state index in [1.54, 1.807) is 0 Å². The number of hydrogen-bond acceptors (Lipinski definition) is 4. The van der Waals surface area contributed by atoms with Gasteiger partial charge in [-0.2, -0.15) is 0 Å². The molecule has 4 aromatic carbocycles. The summed E-state index contributed by atoms with van der Waals surface area (Å²) < 4.78 is 23.0. The first-order valence-electron chi connectivity index (χ1n) is 15.4. The highest BCUT2D eigenvalue weighted by atomic mass is 16.5. The lowest BCUT2D eigenvalue weighted by Gasteiger charge is -2.35. The summed E-state index contributed by atoms with van der Waals surface area (Å²) in [6.45, 7) is 13.6. The van der Waals surface area contributed by atoms with Crippen molar-refractivity contribution in [3.05, 3.63) is 144 Å². The van der Waals surface area contributed by atoms with Gasteiger partial charge in [0, 0.05) is 0 Å². The van der Waals surface area contributed by atoms with Gasteiger partial charge in [0.1, 0.15) is 37.9 Å². The van der Waals surface area contributed by atoms with E-state index in [0.717, 1.165) is 37.2 Å². The first-order chi connectivity index (χ1) is 21.2. The molecule has 1 aliphatic carbocycles. The fraction of sp³-hybridized carbons (Fsp3) is 0.282. The Morgan fingerprint density at radius 3 is 1.44 bits per heavy atom. The second-order valence-corrected chi connectivity index (χ2v) is 10.8. The topological polar surface area (TPSA) is 36.9 Å². The molecule has 0 amide bonds. The zero-order valence-electron chi connectivity index (χ0n) is 25.4. The predicted molar refractivity (Wildman–Crippen MR) is 175 cm³/mol. The van der Waals surface area contributed by atoms with E-state index in [4.69, 9.17) is 18.9 Å². The van der Waals surface area contributed by atoms with Gasteiger partial charge in [-0.3, -0.25) is 0 Å². The van der Waals surface area contributed by atoms with E-state index in [2.05, 4.69) is 112 Å². The summed E-state index contributed by atoms with van der Waals surface area (Å²) in [6.07, 6.45) is 6.79. The molecule has 0 spiro atoms.